The molecular weight excluding hydrogens is 144 g/mol. The van der Waals surface area contributed by atoms with Crippen molar-refractivity contribution < 1.29 is 18.3 Å². The normalized spacial score (nSPS) is 9.00. The first kappa shape index (κ1) is 9.13. The minimum Gasteiger partial charge on any atom is -0.447 e. The van der Waals surface area contributed by atoms with Crippen LogP contribution in [-0.4, -0.2) is 32.6 Å². The van der Waals surface area contributed by atoms with E-state index in [1.54, 1.807) is 0 Å². The summed E-state index contributed by atoms with van der Waals surface area (Å²) >= 11 is 0. The molecule has 0 aromatic heterocycles. The summed E-state index contributed by atoms with van der Waals surface area (Å²) in [6.45, 7) is -1.74. The number of halogens is 2. The van der Waals surface area contributed by atoms with Crippen LogP contribution < -0.4 is 5.32 Å². The second-order valence-electron chi connectivity index (χ2n) is 1.44. The molecule has 0 heterocycles. The van der Waals surface area contributed by atoms with Crippen LogP contribution in [0.5, 0.6) is 0 Å². The van der Waals surface area contributed by atoms with Crippen LogP contribution in [0.3, 0.4) is 0 Å². The van der Waals surface area contributed by atoms with Gasteiger partial charge in [0.15, 0.2) is 0 Å². The van der Waals surface area contributed by atoms with E-state index in [9.17, 15) is 13.6 Å². The molecule has 0 aliphatic rings. The number of carbonyl (C=O) groups excluding carboxylic acids is 1. The van der Waals surface area contributed by atoms with Crippen molar-refractivity contribution in [1.29, 1.82) is 0 Å². The Morgan fingerprint density at radius 2 is 2.10 bits per heavy atom. The third-order valence-corrected chi connectivity index (χ3v) is 0.674. The molecule has 0 unspecified atom stereocenters. The van der Waals surface area contributed by atoms with Crippen molar-refractivity contribution in [2.75, 3.05) is 26.5 Å². The number of hydrogen-bond acceptors (Lipinski definition) is 2. The predicted octanol–water partition coefficient (Wildman–Crippen LogP) is 0.652. The Labute approximate surface area is 57.4 Å². The van der Waals surface area contributed by atoms with Gasteiger partial charge in [-0.05, 0) is 0 Å². The molecular formula is C5H9F2NO2. The summed E-state index contributed by atoms with van der Waals surface area (Å²) in [6.07, 6.45) is -0.782. The average molecular weight is 153 g/mol. The Hall–Kier alpha value is -0.870. The average Bonchev–Trinajstić information content (AvgIpc) is 1.97. The maximum atomic E-state index is 11.3. The minimum absolute atomic E-state index is 0.0921. The first-order valence-corrected chi connectivity index (χ1v) is 2.83. The van der Waals surface area contributed by atoms with Gasteiger partial charge in [0, 0.05) is 6.54 Å². The molecule has 1 amide bonds. The number of rotatable bonds is 4. The van der Waals surface area contributed by atoms with Crippen LogP contribution in [0.15, 0.2) is 0 Å². The summed E-state index contributed by atoms with van der Waals surface area (Å²) in [5.74, 6) is 0. The lowest BCUT2D eigenvalue weighted by atomic mass is 10.7. The zero-order valence-corrected chi connectivity index (χ0v) is 5.40. The number of nitrogens with one attached hydrogen (secondary N) is 1. The van der Waals surface area contributed by atoms with Crippen LogP contribution in [0.4, 0.5) is 13.6 Å². The van der Waals surface area contributed by atoms with Gasteiger partial charge in [-0.1, -0.05) is 0 Å². The van der Waals surface area contributed by atoms with E-state index in [1.165, 1.54) is 0 Å². The van der Waals surface area contributed by atoms with Gasteiger partial charge in [-0.15, -0.1) is 0 Å². The van der Waals surface area contributed by atoms with Crippen molar-refractivity contribution in [3.63, 3.8) is 0 Å². The van der Waals surface area contributed by atoms with Crippen LogP contribution in [0.25, 0.3) is 0 Å². The molecule has 0 rings (SSSR count). The van der Waals surface area contributed by atoms with Gasteiger partial charge >= 0.3 is 6.09 Å². The van der Waals surface area contributed by atoms with Gasteiger partial charge in [0.1, 0.15) is 20.0 Å². The highest BCUT2D eigenvalue weighted by Gasteiger charge is 1.98. The van der Waals surface area contributed by atoms with Crippen molar-refractivity contribution in [3.8, 4) is 0 Å². The molecule has 1 N–H and O–H groups in total. The SMILES string of the molecule is O=C(NCCF)OCCF. The molecule has 0 fully saturated rings. The lowest BCUT2D eigenvalue weighted by molar-refractivity contribution is 0.137. The summed E-state index contributed by atoms with van der Waals surface area (Å²) in [5.41, 5.74) is 0. The van der Waals surface area contributed by atoms with Crippen molar-refractivity contribution >= 4 is 6.09 Å². The van der Waals surface area contributed by atoms with Crippen LogP contribution in [0.2, 0.25) is 0 Å². The third kappa shape index (κ3) is 5.27. The highest BCUT2D eigenvalue weighted by atomic mass is 19.1. The first-order chi connectivity index (χ1) is 4.81. The largest absolute Gasteiger partial charge is 0.447 e. The van der Waals surface area contributed by atoms with Crippen LogP contribution in [-0.2, 0) is 4.74 Å². The molecule has 0 saturated heterocycles. The van der Waals surface area contributed by atoms with E-state index in [-0.39, 0.29) is 13.2 Å². The van der Waals surface area contributed by atoms with Crippen LogP contribution in [0, 0.1) is 0 Å². The molecule has 0 saturated carbocycles. The number of hydrogen-bond donors (Lipinski definition) is 1. The van der Waals surface area contributed by atoms with E-state index < -0.39 is 19.4 Å². The summed E-state index contributed by atoms with van der Waals surface area (Å²) in [7, 11) is 0. The van der Waals surface area contributed by atoms with Gasteiger partial charge < -0.3 is 10.1 Å². The highest BCUT2D eigenvalue weighted by molar-refractivity contribution is 5.66. The van der Waals surface area contributed by atoms with Gasteiger partial charge in [-0.25, -0.2) is 13.6 Å². The Morgan fingerprint density at radius 3 is 2.60 bits per heavy atom. The van der Waals surface area contributed by atoms with Crippen molar-refractivity contribution in [3.05, 3.63) is 0 Å². The third-order valence-electron chi connectivity index (χ3n) is 0.674. The van der Waals surface area contributed by atoms with E-state index >= 15 is 0 Å². The van der Waals surface area contributed by atoms with Crippen molar-refractivity contribution in [1.82, 2.24) is 5.32 Å². The number of alkyl carbamates (subject to hydrolysis) is 1. The highest BCUT2D eigenvalue weighted by Crippen LogP contribution is 1.77. The monoisotopic (exact) mass is 153 g/mol. The number of carbonyl (C=O) groups is 1. The number of amides is 1. The zero-order valence-electron chi connectivity index (χ0n) is 5.40. The van der Waals surface area contributed by atoms with Crippen molar-refractivity contribution in [2.24, 2.45) is 0 Å². The number of alkyl halides is 2. The Bertz CT molecular complexity index is 89.6. The minimum atomic E-state index is -0.782. The van der Waals surface area contributed by atoms with Crippen LogP contribution >= 0.6 is 0 Å². The molecule has 0 aliphatic heterocycles. The molecule has 0 radical (unpaired) electrons. The topological polar surface area (TPSA) is 38.3 Å². The van der Waals surface area contributed by atoms with E-state index in [0.717, 1.165) is 0 Å². The van der Waals surface area contributed by atoms with E-state index in [1.807, 2.05) is 0 Å². The number of ether oxygens (including phenoxy) is 1. The summed E-state index contributed by atoms with van der Waals surface area (Å²) in [5, 5.41) is 2.06. The smallest absolute Gasteiger partial charge is 0.407 e. The molecule has 0 bridgehead atoms. The fourth-order valence-electron chi connectivity index (χ4n) is 0.332. The fourth-order valence-corrected chi connectivity index (χ4v) is 0.332. The molecule has 0 aliphatic carbocycles. The second kappa shape index (κ2) is 6.25. The fraction of sp³-hybridized carbons (Fsp3) is 0.800. The van der Waals surface area contributed by atoms with E-state index in [0.29, 0.717) is 0 Å². The lowest BCUT2D eigenvalue weighted by Crippen LogP contribution is -2.26. The Kier molecular flexibility index (Phi) is 5.71. The van der Waals surface area contributed by atoms with Crippen LogP contribution in [0.1, 0.15) is 0 Å². The first-order valence-electron chi connectivity index (χ1n) is 2.83. The van der Waals surface area contributed by atoms with Gasteiger partial charge in [-0.2, -0.15) is 0 Å². The summed E-state index contributed by atoms with van der Waals surface area (Å²) in [6, 6.07) is 0. The molecule has 0 aromatic carbocycles. The van der Waals surface area contributed by atoms with E-state index in [4.69, 9.17) is 0 Å². The van der Waals surface area contributed by atoms with Gasteiger partial charge in [0.05, 0.1) is 0 Å². The summed E-state index contributed by atoms with van der Waals surface area (Å²) < 4.78 is 26.8. The molecule has 60 valence electrons. The molecule has 0 aromatic rings. The van der Waals surface area contributed by atoms with Gasteiger partial charge in [0.2, 0.25) is 0 Å². The maximum Gasteiger partial charge on any atom is 0.407 e. The van der Waals surface area contributed by atoms with Crippen molar-refractivity contribution in [2.45, 2.75) is 0 Å². The molecule has 5 heteroatoms. The Balaban J connectivity index is 3.09. The summed E-state index contributed by atoms with van der Waals surface area (Å²) in [4.78, 5) is 10.3. The quantitative estimate of drug-likeness (QED) is 0.644. The lowest BCUT2D eigenvalue weighted by Gasteiger charge is -2.01. The zero-order chi connectivity index (χ0) is 7.82. The molecule has 0 atom stereocenters. The second-order valence-corrected chi connectivity index (χ2v) is 1.44. The maximum absolute atomic E-state index is 11.3. The molecule has 3 nitrogen and oxygen atoms in total. The molecule has 10 heavy (non-hydrogen) atoms. The van der Waals surface area contributed by atoms with Gasteiger partial charge in [-0.3, -0.25) is 0 Å². The van der Waals surface area contributed by atoms with Gasteiger partial charge in [0.25, 0.3) is 0 Å². The van der Waals surface area contributed by atoms with E-state index in [2.05, 4.69) is 10.1 Å². The standard InChI is InChI=1S/C5H9F2NO2/c6-1-3-8-5(9)10-4-2-7/h1-4H2,(H,8,9). The predicted molar refractivity (Wildman–Crippen MR) is 31.3 cm³/mol. The molecule has 0 spiro atoms. The Morgan fingerprint density at radius 1 is 1.40 bits per heavy atom.